The number of hydrogen-bond acceptors (Lipinski definition) is 4. The van der Waals surface area contributed by atoms with Crippen molar-refractivity contribution < 1.29 is 19.4 Å². The van der Waals surface area contributed by atoms with Crippen molar-refractivity contribution in [1.82, 2.24) is 0 Å². The first kappa shape index (κ1) is 15.3. The number of carbonyl (C=O) groups excluding carboxylic acids is 1. The van der Waals surface area contributed by atoms with Gasteiger partial charge in [0.1, 0.15) is 11.5 Å². The largest absolute Gasteiger partial charge is 0.513 e. The quantitative estimate of drug-likeness (QED) is 0.623. The molecule has 4 nitrogen and oxygen atoms in total. The molecule has 0 aliphatic heterocycles. The van der Waals surface area contributed by atoms with E-state index in [1.165, 1.54) is 0 Å². The SMILES string of the molecule is CCOC(=O)Oc1c2c(c(O)c3ccc(C)cc13)C1CCC2C1C. The van der Waals surface area contributed by atoms with Crippen LogP contribution in [0.3, 0.4) is 0 Å². The number of rotatable bonds is 2. The van der Waals surface area contributed by atoms with E-state index in [9.17, 15) is 9.90 Å². The number of phenolic OH excluding ortho intramolecular Hbond substituents is 1. The van der Waals surface area contributed by atoms with Crippen LogP contribution < -0.4 is 4.74 Å². The third kappa shape index (κ3) is 2.02. The van der Waals surface area contributed by atoms with Gasteiger partial charge in [-0.25, -0.2) is 4.79 Å². The summed E-state index contributed by atoms with van der Waals surface area (Å²) in [5, 5.41) is 12.4. The number of phenols is 1. The molecule has 3 unspecified atom stereocenters. The van der Waals surface area contributed by atoms with Gasteiger partial charge in [-0.05, 0) is 50.5 Å². The first-order chi connectivity index (χ1) is 11.5. The summed E-state index contributed by atoms with van der Waals surface area (Å²) in [6, 6.07) is 5.86. The predicted molar refractivity (Wildman–Crippen MR) is 91.9 cm³/mol. The van der Waals surface area contributed by atoms with E-state index in [4.69, 9.17) is 9.47 Å². The number of benzene rings is 2. The topological polar surface area (TPSA) is 55.8 Å². The average Bonchev–Trinajstić information content (AvgIpc) is 3.05. The molecule has 1 N–H and O–H groups in total. The number of carbonyl (C=O) groups is 1. The summed E-state index contributed by atoms with van der Waals surface area (Å²) in [5.41, 5.74) is 3.06. The molecule has 0 amide bonds. The lowest BCUT2D eigenvalue weighted by Crippen LogP contribution is -2.13. The van der Waals surface area contributed by atoms with Gasteiger partial charge in [-0.2, -0.15) is 0 Å². The van der Waals surface area contributed by atoms with Crippen LogP contribution >= 0.6 is 0 Å². The number of ether oxygens (including phenoxy) is 2. The van der Waals surface area contributed by atoms with E-state index in [2.05, 4.69) is 6.92 Å². The van der Waals surface area contributed by atoms with Crippen molar-refractivity contribution in [2.24, 2.45) is 5.92 Å². The summed E-state index contributed by atoms with van der Waals surface area (Å²) < 4.78 is 10.6. The molecule has 4 rings (SSSR count). The van der Waals surface area contributed by atoms with Gasteiger partial charge in [0.25, 0.3) is 0 Å². The van der Waals surface area contributed by atoms with Crippen LogP contribution in [0.2, 0.25) is 0 Å². The van der Waals surface area contributed by atoms with Gasteiger partial charge in [-0.15, -0.1) is 0 Å². The molecule has 1 saturated carbocycles. The van der Waals surface area contributed by atoms with Crippen LogP contribution in [0, 0.1) is 12.8 Å². The van der Waals surface area contributed by atoms with Crippen LogP contribution in [-0.4, -0.2) is 17.9 Å². The Morgan fingerprint density at radius 1 is 1.21 bits per heavy atom. The Kier molecular flexibility index (Phi) is 3.44. The van der Waals surface area contributed by atoms with Gasteiger partial charge in [-0.1, -0.05) is 24.6 Å². The number of hydrogen-bond donors (Lipinski definition) is 1. The molecule has 24 heavy (non-hydrogen) atoms. The third-order valence-corrected chi connectivity index (χ3v) is 5.71. The molecule has 126 valence electrons. The van der Waals surface area contributed by atoms with Crippen LogP contribution in [-0.2, 0) is 4.74 Å². The first-order valence-corrected chi connectivity index (χ1v) is 8.66. The van der Waals surface area contributed by atoms with Gasteiger partial charge in [0.05, 0.1) is 6.61 Å². The Bertz CT molecular complexity index is 839. The zero-order chi connectivity index (χ0) is 17.0. The summed E-state index contributed by atoms with van der Waals surface area (Å²) in [6.45, 7) is 6.26. The van der Waals surface area contributed by atoms with E-state index in [1.54, 1.807) is 6.92 Å². The Morgan fingerprint density at radius 3 is 2.62 bits per heavy atom. The molecular weight excluding hydrogens is 304 g/mol. The molecular formula is C20H22O4. The summed E-state index contributed by atoms with van der Waals surface area (Å²) >= 11 is 0. The second-order valence-corrected chi connectivity index (χ2v) is 6.99. The first-order valence-electron chi connectivity index (χ1n) is 8.66. The van der Waals surface area contributed by atoms with Crippen molar-refractivity contribution in [3.63, 3.8) is 0 Å². The summed E-state index contributed by atoms with van der Waals surface area (Å²) in [4.78, 5) is 12.0. The fourth-order valence-corrected chi connectivity index (χ4v) is 4.66. The standard InChI is InChI=1S/C20H22O4/c1-4-23-20(22)24-19-15-9-10(2)5-6-14(15)18(21)16-12-7-8-13(11(12)3)17(16)19/h5-6,9,11-13,21H,4,7-8H2,1-3H3. The van der Waals surface area contributed by atoms with E-state index < -0.39 is 6.16 Å². The Balaban J connectivity index is 2.00. The van der Waals surface area contributed by atoms with Gasteiger partial charge in [-0.3, -0.25) is 0 Å². The highest BCUT2D eigenvalue weighted by Gasteiger charge is 2.47. The molecule has 2 aromatic carbocycles. The van der Waals surface area contributed by atoms with E-state index in [1.807, 2.05) is 25.1 Å². The van der Waals surface area contributed by atoms with Crippen LogP contribution in [0.25, 0.3) is 10.8 Å². The second kappa shape index (κ2) is 5.40. The fourth-order valence-electron chi connectivity index (χ4n) is 4.66. The van der Waals surface area contributed by atoms with Gasteiger partial charge < -0.3 is 14.6 Å². The van der Waals surface area contributed by atoms with Crippen molar-refractivity contribution in [3.8, 4) is 11.5 Å². The maximum Gasteiger partial charge on any atom is 0.513 e. The molecule has 2 bridgehead atoms. The van der Waals surface area contributed by atoms with Gasteiger partial charge in [0, 0.05) is 21.9 Å². The van der Waals surface area contributed by atoms with E-state index in [-0.39, 0.29) is 6.61 Å². The van der Waals surface area contributed by atoms with Gasteiger partial charge in [0.15, 0.2) is 0 Å². The minimum Gasteiger partial charge on any atom is -0.507 e. The second-order valence-electron chi connectivity index (χ2n) is 6.99. The molecule has 0 aromatic heterocycles. The third-order valence-electron chi connectivity index (χ3n) is 5.71. The molecule has 0 saturated heterocycles. The van der Waals surface area contributed by atoms with Gasteiger partial charge >= 0.3 is 6.16 Å². The summed E-state index contributed by atoms with van der Waals surface area (Å²) in [6.07, 6.45) is 1.49. The monoisotopic (exact) mass is 326 g/mol. The smallest absolute Gasteiger partial charge is 0.507 e. The number of aromatic hydroxyl groups is 1. The van der Waals surface area contributed by atoms with Crippen LogP contribution in [0.4, 0.5) is 4.79 Å². The van der Waals surface area contributed by atoms with Crippen molar-refractivity contribution in [1.29, 1.82) is 0 Å². The summed E-state index contributed by atoms with van der Waals surface area (Å²) in [5.74, 6) is 2.09. The van der Waals surface area contributed by atoms with Crippen LogP contribution in [0.1, 0.15) is 55.2 Å². The normalized spacial score (nSPS) is 24.2. The van der Waals surface area contributed by atoms with Crippen LogP contribution in [0.15, 0.2) is 18.2 Å². The molecule has 2 aromatic rings. The van der Waals surface area contributed by atoms with Crippen molar-refractivity contribution >= 4 is 16.9 Å². The lowest BCUT2D eigenvalue weighted by Gasteiger charge is -2.22. The minimum atomic E-state index is -0.677. The van der Waals surface area contributed by atoms with Gasteiger partial charge in [0.2, 0.25) is 0 Å². The van der Waals surface area contributed by atoms with Crippen molar-refractivity contribution in [2.75, 3.05) is 6.61 Å². The van der Waals surface area contributed by atoms with Crippen molar-refractivity contribution in [3.05, 3.63) is 34.9 Å². The average molecular weight is 326 g/mol. The predicted octanol–water partition coefficient (Wildman–Crippen LogP) is 5.00. The maximum absolute atomic E-state index is 12.0. The summed E-state index contributed by atoms with van der Waals surface area (Å²) in [7, 11) is 0. The highest BCUT2D eigenvalue weighted by molar-refractivity contribution is 5.98. The zero-order valence-electron chi connectivity index (χ0n) is 14.3. The Morgan fingerprint density at radius 2 is 1.92 bits per heavy atom. The van der Waals surface area contributed by atoms with E-state index in [0.717, 1.165) is 40.3 Å². The molecule has 2 aliphatic rings. The molecule has 4 heteroatoms. The molecule has 0 radical (unpaired) electrons. The Labute approximate surface area is 141 Å². The maximum atomic E-state index is 12.0. The number of aryl methyl sites for hydroxylation is 1. The van der Waals surface area contributed by atoms with Crippen LogP contribution in [0.5, 0.6) is 11.5 Å². The fraction of sp³-hybridized carbons (Fsp3) is 0.450. The minimum absolute atomic E-state index is 0.276. The highest BCUT2D eigenvalue weighted by Crippen LogP contribution is 2.63. The lowest BCUT2D eigenvalue weighted by atomic mass is 9.87. The van der Waals surface area contributed by atoms with Crippen molar-refractivity contribution in [2.45, 2.75) is 45.4 Å². The molecule has 1 fully saturated rings. The molecule has 2 aliphatic carbocycles. The van der Waals surface area contributed by atoms with E-state index >= 15 is 0 Å². The lowest BCUT2D eigenvalue weighted by molar-refractivity contribution is 0.104. The molecule has 0 heterocycles. The Hall–Kier alpha value is -2.23. The highest BCUT2D eigenvalue weighted by atomic mass is 16.7. The molecule has 3 atom stereocenters. The van der Waals surface area contributed by atoms with E-state index in [0.29, 0.717) is 29.3 Å². The number of fused-ring (bicyclic) bond motifs is 6. The zero-order valence-corrected chi connectivity index (χ0v) is 14.3. The molecule has 0 spiro atoms.